The van der Waals surface area contributed by atoms with Crippen molar-refractivity contribution >= 4 is 15.9 Å². The number of rotatable bonds is 8. The lowest BCUT2D eigenvalue weighted by atomic mass is 10.2. The predicted octanol–water partition coefficient (Wildman–Crippen LogP) is 2.30. The molecule has 0 bridgehead atoms. The van der Waals surface area contributed by atoms with Crippen molar-refractivity contribution in [1.29, 1.82) is 0 Å². The van der Waals surface area contributed by atoms with Gasteiger partial charge in [0.1, 0.15) is 22.3 Å². The summed E-state index contributed by atoms with van der Waals surface area (Å²) in [6, 6.07) is 8.71. The number of hydrogen-bond donors (Lipinski definition) is 1. The van der Waals surface area contributed by atoms with Gasteiger partial charge in [-0.1, -0.05) is 19.1 Å². The van der Waals surface area contributed by atoms with Crippen LogP contribution < -0.4 is 10.1 Å². The molecule has 0 aromatic heterocycles. The topological polar surface area (TPSA) is 75.7 Å². The summed E-state index contributed by atoms with van der Waals surface area (Å²) in [4.78, 5) is 11.8. The summed E-state index contributed by atoms with van der Waals surface area (Å²) in [5.74, 6) is -1.68. The predicted molar refractivity (Wildman–Crippen MR) is 95.6 cm³/mol. The Hall–Kier alpha value is -2.52. The van der Waals surface area contributed by atoms with Crippen LogP contribution in [0.4, 0.5) is 8.78 Å². The molecule has 0 saturated carbocycles. The van der Waals surface area contributed by atoms with Crippen LogP contribution in [-0.4, -0.2) is 38.8 Å². The number of methoxy groups -OCH3 is 1. The van der Waals surface area contributed by atoms with E-state index >= 15 is 0 Å². The van der Waals surface area contributed by atoms with E-state index < -0.39 is 34.1 Å². The van der Waals surface area contributed by atoms with E-state index in [1.54, 1.807) is 6.92 Å². The fraction of sp³-hybridized carbons (Fsp3) is 0.278. The van der Waals surface area contributed by atoms with Gasteiger partial charge in [-0.05, 0) is 35.9 Å². The van der Waals surface area contributed by atoms with Gasteiger partial charge in [0.2, 0.25) is 15.9 Å². The van der Waals surface area contributed by atoms with Crippen molar-refractivity contribution in [2.24, 2.45) is 0 Å². The molecule has 1 N–H and O–H groups in total. The summed E-state index contributed by atoms with van der Waals surface area (Å²) in [6.07, 6.45) is 0. The molecule has 0 heterocycles. The van der Waals surface area contributed by atoms with Gasteiger partial charge in [-0.2, -0.15) is 4.31 Å². The van der Waals surface area contributed by atoms with Crippen LogP contribution in [0.1, 0.15) is 12.5 Å². The minimum absolute atomic E-state index is 0.00592. The monoisotopic (exact) mass is 398 g/mol. The normalized spacial score (nSPS) is 11.4. The molecule has 9 heteroatoms. The highest BCUT2D eigenvalue weighted by Gasteiger charge is 2.28. The lowest BCUT2D eigenvalue weighted by Crippen LogP contribution is -2.40. The molecule has 0 atom stereocenters. The van der Waals surface area contributed by atoms with Gasteiger partial charge < -0.3 is 10.1 Å². The highest BCUT2D eigenvalue weighted by Crippen LogP contribution is 2.27. The number of carbonyl (C=O) groups is 1. The molecule has 0 spiro atoms. The van der Waals surface area contributed by atoms with E-state index in [1.807, 2.05) is 0 Å². The van der Waals surface area contributed by atoms with Crippen molar-refractivity contribution in [1.82, 2.24) is 9.62 Å². The fourth-order valence-corrected chi connectivity index (χ4v) is 3.95. The summed E-state index contributed by atoms with van der Waals surface area (Å²) in [6.45, 7) is 1.25. The Labute approximate surface area is 156 Å². The number of hydrogen-bond acceptors (Lipinski definition) is 4. The molecule has 6 nitrogen and oxygen atoms in total. The van der Waals surface area contributed by atoms with E-state index in [9.17, 15) is 22.0 Å². The zero-order valence-electron chi connectivity index (χ0n) is 14.9. The van der Waals surface area contributed by atoms with Gasteiger partial charge in [0.05, 0.1) is 13.7 Å². The molecule has 0 saturated heterocycles. The average Bonchev–Trinajstić information content (AvgIpc) is 2.65. The number of nitrogens with one attached hydrogen (secondary N) is 1. The van der Waals surface area contributed by atoms with Crippen LogP contribution in [0.25, 0.3) is 0 Å². The number of ether oxygens (including phenoxy) is 1. The maximum atomic E-state index is 13.5. The Morgan fingerprint density at radius 2 is 1.74 bits per heavy atom. The molecule has 0 aliphatic heterocycles. The molecule has 0 radical (unpaired) electrons. The minimum Gasteiger partial charge on any atom is -0.495 e. The quantitative estimate of drug-likeness (QED) is 0.740. The first kappa shape index (κ1) is 20.8. The van der Waals surface area contributed by atoms with Gasteiger partial charge >= 0.3 is 0 Å². The van der Waals surface area contributed by atoms with Crippen molar-refractivity contribution in [3.8, 4) is 5.75 Å². The maximum absolute atomic E-state index is 13.5. The number of halogens is 2. The van der Waals surface area contributed by atoms with Gasteiger partial charge in [0.15, 0.2) is 0 Å². The van der Waals surface area contributed by atoms with Gasteiger partial charge in [-0.3, -0.25) is 4.79 Å². The number of sulfonamides is 1. The third-order valence-electron chi connectivity index (χ3n) is 3.82. The van der Waals surface area contributed by atoms with Crippen LogP contribution in [-0.2, 0) is 21.4 Å². The van der Waals surface area contributed by atoms with Crippen LogP contribution in [0.15, 0.2) is 47.4 Å². The zero-order valence-corrected chi connectivity index (χ0v) is 15.7. The third kappa shape index (κ3) is 5.24. The third-order valence-corrected chi connectivity index (χ3v) is 5.76. The molecule has 2 aromatic rings. The second-order valence-electron chi connectivity index (χ2n) is 5.63. The van der Waals surface area contributed by atoms with Crippen molar-refractivity contribution in [2.75, 3.05) is 20.2 Å². The van der Waals surface area contributed by atoms with Gasteiger partial charge in [-0.15, -0.1) is 0 Å². The highest BCUT2D eigenvalue weighted by atomic mass is 32.2. The Morgan fingerprint density at radius 1 is 1.11 bits per heavy atom. The summed E-state index contributed by atoms with van der Waals surface area (Å²) >= 11 is 0. The van der Waals surface area contributed by atoms with Crippen molar-refractivity contribution in [2.45, 2.75) is 18.4 Å². The summed E-state index contributed by atoms with van der Waals surface area (Å²) in [5.41, 5.74) is 0.669. The Balaban J connectivity index is 2.12. The van der Waals surface area contributed by atoms with Gasteiger partial charge in [0.25, 0.3) is 0 Å². The number of amides is 1. The average molecular weight is 398 g/mol. The Kier molecular flexibility index (Phi) is 6.86. The standard InChI is InChI=1S/C18H20F2N2O4S/c1-3-22(12-18(23)21-11-13-4-6-14(19)7-5-13)27(24,25)17-10-15(20)8-9-16(17)26-2/h4-10H,3,11-12H2,1-2H3,(H,21,23). The fourth-order valence-electron chi connectivity index (χ4n) is 2.38. The first-order valence-corrected chi connectivity index (χ1v) is 9.56. The summed E-state index contributed by atoms with van der Waals surface area (Å²) < 4.78 is 57.9. The smallest absolute Gasteiger partial charge is 0.247 e. The van der Waals surface area contributed by atoms with Crippen LogP contribution >= 0.6 is 0 Å². The lowest BCUT2D eigenvalue weighted by molar-refractivity contribution is -0.121. The second kappa shape index (κ2) is 8.92. The van der Waals surface area contributed by atoms with Crippen molar-refractivity contribution in [3.05, 3.63) is 59.7 Å². The Morgan fingerprint density at radius 3 is 2.33 bits per heavy atom. The molecule has 2 rings (SSSR count). The van der Waals surface area contributed by atoms with Gasteiger partial charge in [0, 0.05) is 13.1 Å². The van der Waals surface area contributed by atoms with Crippen LogP contribution in [0.3, 0.4) is 0 Å². The summed E-state index contributed by atoms with van der Waals surface area (Å²) in [7, 11) is -2.87. The lowest BCUT2D eigenvalue weighted by Gasteiger charge is -2.21. The number of carbonyl (C=O) groups excluding carboxylic acids is 1. The first-order chi connectivity index (χ1) is 12.8. The Bertz CT molecular complexity index is 902. The van der Waals surface area contributed by atoms with Crippen LogP contribution in [0.2, 0.25) is 0 Å². The molecular weight excluding hydrogens is 378 g/mol. The van der Waals surface area contributed by atoms with E-state index in [4.69, 9.17) is 4.74 Å². The molecule has 0 aliphatic carbocycles. The van der Waals surface area contributed by atoms with E-state index in [1.165, 1.54) is 37.4 Å². The van der Waals surface area contributed by atoms with Crippen LogP contribution in [0, 0.1) is 11.6 Å². The van der Waals surface area contributed by atoms with Crippen molar-refractivity contribution < 1.29 is 26.7 Å². The molecular formula is C18H20F2N2O4S. The molecule has 0 unspecified atom stereocenters. The second-order valence-corrected chi connectivity index (χ2v) is 7.54. The molecule has 0 fully saturated rings. The number of nitrogens with zero attached hydrogens (tertiary/aromatic N) is 1. The summed E-state index contributed by atoms with van der Waals surface area (Å²) in [5, 5.41) is 2.57. The largest absolute Gasteiger partial charge is 0.495 e. The molecule has 2 aromatic carbocycles. The molecule has 1 amide bonds. The first-order valence-electron chi connectivity index (χ1n) is 8.12. The van der Waals surface area contributed by atoms with E-state index in [-0.39, 0.29) is 23.7 Å². The SMILES string of the molecule is CCN(CC(=O)NCc1ccc(F)cc1)S(=O)(=O)c1cc(F)ccc1OC. The van der Waals surface area contributed by atoms with E-state index in [2.05, 4.69) is 5.32 Å². The minimum atomic E-state index is -4.14. The molecule has 0 aliphatic rings. The number of benzene rings is 2. The van der Waals surface area contributed by atoms with Gasteiger partial charge in [-0.25, -0.2) is 17.2 Å². The number of likely N-dealkylation sites (N-methyl/N-ethyl adjacent to an activating group) is 1. The molecule has 27 heavy (non-hydrogen) atoms. The molecule has 146 valence electrons. The highest BCUT2D eigenvalue weighted by molar-refractivity contribution is 7.89. The van der Waals surface area contributed by atoms with E-state index in [0.29, 0.717) is 5.56 Å². The maximum Gasteiger partial charge on any atom is 0.247 e. The zero-order chi connectivity index (χ0) is 20.0. The van der Waals surface area contributed by atoms with Crippen molar-refractivity contribution in [3.63, 3.8) is 0 Å². The van der Waals surface area contributed by atoms with Crippen LogP contribution in [0.5, 0.6) is 5.75 Å². The van der Waals surface area contributed by atoms with E-state index in [0.717, 1.165) is 16.4 Å².